The maximum absolute atomic E-state index is 12.1. The molecule has 0 amide bonds. The Labute approximate surface area is 133 Å². The fourth-order valence-corrected chi connectivity index (χ4v) is 3.19. The highest BCUT2D eigenvalue weighted by atomic mass is 79.9. The SMILES string of the molecule is CN(C)CCCCNS(=O)(=O)c1ccc(Br)c(C(=O)O)c1. The van der Waals surface area contributed by atoms with Crippen molar-refractivity contribution < 1.29 is 18.3 Å². The summed E-state index contributed by atoms with van der Waals surface area (Å²) in [5.74, 6) is -1.18. The summed E-state index contributed by atoms with van der Waals surface area (Å²) < 4.78 is 27.0. The molecule has 0 heterocycles. The Kier molecular flexibility index (Phi) is 6.79. The Morgan fingerprint density at radius 1 is 1.33 bits per heavy atom. The van der Waals surface area contributed by atoms with Crippen LogP contribution < -0.4 is 4.72 Å². The van der Waals surface area contributed by atoms with E-state index < -0.39 is 16.0 Å². The van der Waals surface area contributed by atoms with Gasteiger partial charge in [0.05, 0.1) is 10.5 Å². The minimum Gasteiger partial charge on any atom is -0.478 e. The lowest BCUT2D eigenvalue weighted by Crippen LogP contribution is -2.25. The molecule has 0 aliphatic rings. The van der Waals surface area contributed by atoms with Crippen LogP contribution in [0.5, 0.6) is 0 Å². The number of hydrogen-bond donors (Lipinski definition) is 2. The molecule has 21 heavy (non-hydrogen) atoms. The Hall–Kier alpha value is -0.960. The molecule has 0 unspecified atom stereocenters. The summed E-state index contributed by atoms with van der Waals surface area (Å²) in [5.41, 5.74) is -0.0783. The van der Waals surface area contributed by atoms with E-state index in [-0.39, 0.29) is 10.5 Å². The molecule has 0 radical (unpaired) electrons. The van der Waals surface area contributed by atoms with Gasteiger partial charge >= 0.3 is 5.97 Å². The van der Waals surface area contributed by atoms with E-state index in [0.29, 0.717) is 11.0 Å². The molecular weight excluding hydrogens is 360 g/mol. The summed E-state index contributed by atoms with van der Waals surface area (Å²) in [6.07, 6.45) is 1.61. The first-order chi connectivity index (χ1) is 9.74. The highest BCUT2D eigenvalue weighted by Gasteiger charge is 2.17. The number of aromatic carboxylic acids is 1. The van der Waals surface area contributed by atoms with Gasteiger partial charge in [-0.3, -0.25) is 0 Å². The molecule has 0 atom stereocenters. The van der Waals surface area contributed by atoms with Crippen LogP contribution in [0, 0.1) is 0 Å². The van der Waals surface area contributed by atoms with Gasteiger partial charge in [-0.2, -0.15) is 0 Å². The third-order valence-electron chi connectivity index (χ3n) is 2.80. The fourth-order valence-electron chi connectivity index (χ4n) is 1.68. The van der Waals surface area contributed by atoms with E-state index in [9.17, 15) is 13.2 Å². The molecule has 0 fully saturated rings. The second-order valence-electron chi connectivity index (χ2n) is 4.85. The zero-order valence-electron chi connectivity index (χ0n) is 12.0. The van der Waals surface area contributed by atoms with Crippen LogP contribution in [0.2, 0.25) is 0 Å². The number of hydrogen-bond acceptors (Lipinski definition) is 4. The third-order valence-corrected chi connectivity index (χ3v) is 4.95. The number of benzene rings is 1. The van der Waals surface area contributed by atoms with Crippen LogP contribution >= 0.6 is 15.9 Å². The summed E-state index contributed by atoms with van der Waals surface area (Å²) in [6.45, 7) is 1.22. The Morgan fingerprint density at radius 2 is 2.00 bits per heavy atom. The number of nitrogens with zero attached hydrogens (tertiary/aromatic N) is 1. The van der Waals surface area contributed by atoms with Crippen LogP contribution in [0.25, 0.3) is 0 Å². The number of halogens is 1. The molecule has 0 aromatic heterocycles. The van der Waals surface area contributed by atoms with Crippen molar-refractivity contribution in [1.82, 2.24) is 9.62 Å². The quantitative estimate of drug-likeness (QED) is 0.673. The topological polar surface area (TPSA) is 86.7 Å². The molecule has 6 nitrogen and oxygen atoms in total. The molecule has 1 rings (SSSR count). The molecular formula is C13H19BrN2O4S. The van der Waals surface area contributed by atoms with E-state index in [1.165, 1.54) is 12.1 Å². The van der Waals surface area contributed by atoms with Gasteiger partial charge in [0.2, 0.25) is 10.0 Å². The molecule has 8 heteroatoms. The molecule has 118 valence electrons. The highest BCUT2D eigenvalue weighted by Crippen LogP contribution is 2.21. The number of unbranched alkanes of at least 4 members (excludes halogenated alkanes) is 1. The van der Waals surface area contributed by atoms with Crippen LogP contribution in [0.3, 0.4) is 0 Å². The second-order valence-corrected chi connectivity index (χ2v) is 7.48. The maximum atomic E-state index is 12.1. The zero-order valence-corrected chi connectivity index (χ0v) is 14.4. The van der Waals surface area contributed by atoms with Crippen molar-refractivity contribution in [3.05, 3.63) is 28.2 Å². The van der Waals surface area contributed by atoms with E-state index in [0.717, 1.165) is 25.5 Å². The van der Waals surface area contributed by atoms with Crippen molar-refractivity contribution in [2.45, 2.75) is 17.7 Å². The van der Waals surface area contributed by atoms with Gasteiger partial charge in [0.15, 0.2) is 0 Å². The van der Waals surface area contributed by atoms with Crippen molar-refractivity contribution in [3.63, 3.8) is 0 Å². The fraction of sp³-hybridized carbons (Fsp3) is 0.462. The summed E-state index contributed by atoms with van der Waals surface area (Å²) in [5, 5.41) is 9.00. The first-order valence-corrected chi connectivity index (χ1v) is 8.69. The summed E-state index contributed by atoms with van der Waals surface area (Å²) in [7, 11) is 0.234. The van der Waals surface area contributed by atoms with Crippen molar-refractivity contribution in [2.75, 3.05) is 27.2 Å². The average Bonchev–Trinajstić information content (AvgIpc) is 2.37. The molecule has 0 saturated carbocycles. The minimum absolute atomic E-state index is 0.0456. The van der Waals surface area contributed by atoms with Crippen LogP contribution in [0.15, 0.2) is 27.6 Å². The number of sulfonamides is 1. The third kappa shape index (κ3) is 5.74. The van der Waals surface area contributed by atoms with E-state index >= 15 is 0 Å². The van der Waals surface area contributed by atoms with Crippen LogP contribution in [0.4, 0.5) is 0 Å². The number of rotatable bonds is 8. The largest absolute Gasteiger partial charge is 0.478 e. The van der Waals surface area contributed by atoms with Gasteiger partial charge in [0.25, 0.3) is 0 Å². The number of nitrogens with one attached hydrogen (secondary N) is 1. The second kappa shape index (κ2) is 7.88. The van der Waals surface area contributed by atoms with Crippen molar-refractivity contribution in [1.29, 1.82) is 0 Å². The number of carboxylic acid groups (broad SMARTS) is 1. The van der Waals surface area contributed by atoms with Gasteiger partial charge < -0.3 is 10.0 Å². The van der Waals surface area contributed by atoms with Crippen LogP contribution in [0.1, 0.15) is 23.2 Å². The first-order valence-electron chi connectivity index (χ1n) is 6.41. The first kappa shape index (κ1) is 18.1. The lowest BCUT2D eigenvalue weighted by molar-refractivity contribution is 0.0695. The molecule has 2 N–H and O–H groups in total. The standard InChI is InChI=1S/C13H19BrN2O4S/c1-16(2)8-4-3-7-15-21(19,20)10-5-6-12(14)11(9-10)13(17)18/h5-6,9,15H,3-4,7-8H2,1-2H3,(H,17,18). The van der Waals surface area contributed by atoms with Gasteiger partial charge in [-0.1, -0.05) is 0 Å². The van der Waals surface area contributed by atoms with Crippen LogP contribution in [-0.2, 0) is 10.0 Å². The molecule has 1 aromatic rings. The van der Waals surface area contributed by atoms with Gasteiger partial charge in [0, 0.05) is 11.0 Å². The van der Waals surface area contributed by atoms with Gasteiger partial charge in [-0.05, 0) is 67.6 Å². The molecule has 0 bridgehead atoms. The molecule has 0 saturated heterocycles. The Balaban J connectivity index is 2.70. The van der Waals surface area contributed by atoms with Crippen molar-refractivity contribution in [2.24, 2.45) is 0 Å². The number of carbonyl (C=O) groups is 1. The predicted molar refractivity (Wildman–Crippen MR) is 84.1 cm³/mol. The van der Waals surface area contributed by atoms with Gasteiger partial charge in [-0.15, -0.1) is 0 Å². The highest BCUT2D eigenvalue weighted by molar-refractivity contribution is 9.10. The molecule has 0 aliphatic carbocycles. The van der Waals surface area contributed by atoms with Gasteiger partial charge in [0.1, 0.15) is 0 Å². The average molecular weight is 379 g/mol. The smallest absolute Gasteiger partial charge is 0.336 e. The normalized spacial score (nSPS) is 11.8. The van der Waals surface area contributed by atoms with E-state index in [2.05, 4.69) is 20.7 Å². The number of carboxylic acids is 1. The van der Waals surface area contributed by atoms with E-state index in [4.69, 9.17) is 5.11 Å². The summed E-state index contributed by atoms with van der Waals surface area (Å²) in [6, 6.07) is 3.94. The predicted octanol–water partition coefficient (Wildman–Crippen LogP) is 1.77. The lowest BCUT2D eigenvalue weighted by Gasteiger charge is -2.10. The molecule has 1 aromatic carbocycles. The van der Waals surface area contributed by atoms with Crippen LogP contribution in [-0.4, -0.2) is 51.6 Å². The van der Waals surface area contributed by atoms with Crippen molar-refractivity contribution in [3.8, 4) is 0 Å². The molecule has 0 aliphatic heterocycles. The Bertz CT molecular complexity index is 602. The minimum atomic E-state index is -3.68. The van der Waals surface area contributed by atoms with Gasteiger partial charge in [-0.25, -0.2) is 17.9 Å². The monoisotopic (exact) mass is 378 g/mol. The summed E-state index contributed by atoms with van der Waals surface area (Å²) in [4.78, 5) is 13.0. The zero-order chi connectivity index (χ0) is 16.0. The molecule has 0 spiro atoms. The maximum Gasteiger partial charge on any atom is 0.336 e. The summed E-state index contributed by atoms with van der Waals surface area (Å²) >= 11 is 3.08. The van der Waals surface area contributed by atoms with Crippen molar-refractivity contribution >= 4 is 31.9 Å². The van der Waals surface area contributed by atoms with E-state index in [1.807, 2.05) is 19.0 Å². The van der Waals surface area contributed by atoms with E-state index in [1.54, 1.807) is 0 Å². The lowest BCUT2D eigenvalue weighted by atomic mass is 10.2. The Morgan fingerprint density at radius 3 is 2.57 bits per heavy atom.